The third-order valence-corrected chi connectivity index (χ3v) is 2.95. The van der Waals surface area contributed by atoms with Gasteiger partial charge in [-0.15, -0.1) is 35.4 Å². The van der Waals surface area contributed by atoms with Crippen LogP contribution in [0.4, 0.5) is 0 Å². The Bertz CT molecular complexity index is 453. The molecule has 0 aliphatic heterocycles. The van der Waals surface area contributed by atoms with Gasteiger partial charge in [0.05, 0.1) is 0 Å². The molecule has 2 rings (SSSR count). The van der Waals surface area contributed by atoms with Gasteiger partial charge >= 0.3 is 0 Å². The van der Waals surface area contributed by atoms with Crippen molar-refractivity contribution >= 4 is 0 Å². The summed E-state index contributed by atoms with van der Waals surface area (Å²) in [5.74, 6) is 0.595. The summed E-state index contributed by atoms with van der Waals surface area (Å²) in [7, 11) is 0. The van der Waals surface area contributed by atoms with Crippen LogP contribution in [-0.4, -0.2) is 4.98 Å². The topological polar surface area (TPSA) is 12.9 Å². The van der Waals surface area contributed by atoms with Gasteiger partial charge in [-0.3, -0.25) is 0 Å². The van der Waals surface area contributed by atoms with E-state index in [9.17, 15) is 0 Å². The first-order valence-electron chi connectivity index (χ1n) is 5.74. The minimum atomic E-state index is 0. The molecular weight excluding hydrogens is 386 g/mol. The smallest absolute Gasteiger partial charge is 0.0160 e. The molecule has 1 aromatic carbocycles. The fraction of sp³-hybridized carbons (Fsp3) is 0.267. The third-order valence-electron chi connectivity index (χ3n) is 2.95. The summed E-state index contributed by atoms with van der Waals surface area (Å²) in [6.07, 6.45) is 2.98. The molecule has 2 heteroatoms. The molecule has 1 aromatic heterocycles. The van der Waals surface area contributed by atoms with Gasteiger partial charge in [-0.05, 0) is 17.7 Å². The number of aromatic nitrogens is 1. The molecule has 2 aromatic rings. The molecule has 0 bridgehead atoms. The Labute approximate surface area is 117 Å². The van der Waals surface area contributed by atoms with Gasteiger partial charge in [0.25, 0.3) is 0 Å². The Morgan fingerprint density at radius 3 is 2.76 bits per heavy atom. The van der Waals surface area contributed by atoms with Crippen LogP contribution in [0.1, 0.15) is 31.7 Å². The minimum absolute atomic E-state index is 0. The van der Waals surface area contributed by atoms with Crippen LogP contribution in [-0.2, 0) is 20.1 Å². The summed E-state index contributed by atoms with van der Waals surface area (Å²) in [4.78, 5) is 4.34. The van der Waals surface area contributed by atoms with Gasteiger partial charge in [0, 0.05) is 26.3 Å². The molecule has 0 aliphatic carbocycles. The third kappa shape index (κ3) is 3.49. The second-order valence-electron chi connectivity index (χ2n) is 4.06. The van der Waals surface area contributed by atoms with E-state index in [0.717, 1.165) is 17.7 Å². The standard InChI is InChI=1S/C15H16N.Ir/c1-3-12(2)13-7-6-8-14(11-13)15-9-4-5-10-16-15;/h4-7,9-12H,3H2,1-2H3;/q-1;. The number of benzene rings is 1. The fourth-order valence-electron chi connectivity index (χ4n) is 1.70. The van der Waals surface area contributed by atoms with Crippen molar-refractivity contribution in [3.8, 4) is 11.3 Å². The summed E-state index contributed by atoms with van der Waals surface area (Å²) >= 11 is 0. The average molecular weight is 403 g/mol. The van der Waals surface area contributed by atoms with E-state index in [4.69, 9.17) is 0 Å². The summed E-state index contributed by atoms with van der Waals surface area (Å²) in [6, 6.07) is 15.5. The molecule has 1 heterocycles. The summed E-state index contributed by atoms with van der Waals surface area (Å²) in [6.45, 7) is 4.46. The Kier molecular flexibility index (Phi) is 5.53. The molecule has 0 N–H and O–H groups in total. The van der Waals surface area contributed by atoms with Gasteiger partial charge in [-0.25, -0.2) is 0 Å². The van der Waals surface area contributed by atoms with E-state index < -0.39 is 0 Å². The predicted octanol–water partition coefficient (Wildman–Crippen LogP) is 4.06. The summed E-state index contributed by atoms with van der Waals surface area (Å²) < 4.78 is 0. The first kappa shape index (κ1) is 14.1. The van der Waals surface area contributed by atoms with Gasteiger partial charge in [0.1, 0.15) is 0 Å². The van der Waals surface area contributed by atoms with Gasteiger partial charge in [-0.1, -0.05) is 32.4 Å². The Morgan fingerprint density at radius 2 is 2.12 bits per heavy atom. The Morgan fingerprint density at radius 1 is 1.29 bits per heavy atom. The van der Waals surface area contributed by atoms with Crippen molar-refractivity contribution in [1.29, 1.82) is 0 Å². The number of nitrogens with zero attached hydrogens (tertiary/aromatic N) is 1. The Balaban J connectivity index is 0.00000144. The molecule has 0 saturated heterocycles. The molecule has 1 atom stereocenters. The number of pyridine rings is 1. The van der Waals surface area contributed by atoms with Crippen molar-refractivity contribution in [2.45, 2.75) is 26.2 Å². The molecule has 0 amide bonds. The van der Waals surface area contributed by atoms with E-state index in [1.165, 1.54) is 5.56 Å². The molecule has 0 spiro atoms. The van der Waals surface area contributed by atoms with E-state index in [0.29, 0.717) is 5.92 Å². The van der Waals surface area contributed by atoms with Gasteiger partial charge in [-0.2, -0.15) is 0 Å². The number of rotatable bonds is 3. The second kappa shape index (κ2) is 6.68. The molecule has 17 heavy (non-hydrogen) atoms. The molecule has 1 nitrogen and oxygen atoms in total. The molecule has 0 fully saturated rings. The normalized spacial score (nSPS) is 11.6. The summed E-state index contributed by atoms with van der Waals surface area (Å²) in [5.41, 5.74) is 3.44. The molecule has 91 valence electrons. The van der Waals surface area contributed by atoms with E-state index in [1.54, 1.807) is 0 Å². The first-order valence-corrected chi connectivity index (χ1v) is 5.74. The van der Waals surface area contributed by atoms with Gasteiger partial charge in [0.15, 0.2) is 0 Å². The maximum absolute atomic E-state index is 4.34. The van der Waals surface area contributed by atoms with Crippen LogP contribution in [0, 0.1) is 6.07 Å². The van der Waals surface area contributed by atoms with Gasteiger partial charge < -0.3 is 4.98 Å². The van der Waals surface area contributed by atoms with E-state index >= 15 is 0 Å². The monoisotopic (exact) mass is 403 g/mol. The molecule has 1 unspecified atom stereocenters. The minimum Gasteiger partial charge on any atom is -0.305 e. The van der Waals surface area contributed by atoms with Crippen molar-refractivity contribution in [3.63, 3.8) is 0 Å². The zero-order valence-corrected chi connectivity index (χ0v) is 12.5. The zero-order valence-electron chi connectivity index (χ0n) is 10.1. The largest absolute Gasteiger partial charge is 0.305 e. The average Bonchev–Trinajstić information content (AvgIpc) is 2.39. The van der Waals surface area contributed by atoms with E-state index in [1.807, 2.05) is 30.5 Å². The van der Waals surface area contributed by atoms with Crippen molar-refractivity contribution in [2.24, 2.45) is 0 Å². The van der Waals surface area contributed by atoms with E-state index in [-0.39, 0.29) is 20.1 Å². The molecule has 1 radical (unpaired) electrons. The van der Waals surface area contributed by atoms with E-state index in [2.05, 4.69) is 37.0 Å². The maximum atomic E-state index is 4.34. The van der Waals surface area contributed by atoms with Gasteiger partial charge in [0.2, 0.25) is 0 Å². The quantitative estimate of drug-likeness (QED) is 0.706. The van der Waals surface area contributed by atoms with Crippen LogP contribution in [0.5, 0.6) is 0 Å². The number of hydrogen-bond donors (Lipinski definition) is 0. The SMILES string of the molecule is CCC(C)c1cc[c-]c(-c2ccccn2)c1.[Ir]. The van der Waals surface area contributed by atoms with Crippen molar-refractivity contribution in [1.82, 2.24) is 4.98 Å². The fourth-order valence-corrected chi connectivity index (χ4v) is 1.70. The van der Waals surface area contributed by atoms with Crippen LogP contribution >= 0.6 is 0 Å². The van der Waals surface area contributed by atoms with Crippen LogP contribution in [0.3, 0.4) is 0 Å². The Hall–Kier alpha value is -0.981. The maximum Gasteiger partial charge on any atom is 0.0160 e. The van der Waals surface area contributed by atoms with Crippen LogP contribution in [0.25, 0.3) is 11.3 Å². The number of hydrogen-bond acceptors (Lipinski definition) is 1. The molecular formula is C15H16IrN-. The van der Waals surface area contributed by atoms with Crippen LogP contribution in [0.2, 0.25) is 0 Å². The van der Waals surface area contributed by atoms with Crippen molar-refractivity contribution < 1.29 is 20.1 Å². The van der Waals surface area contributed by atoms with Crippen LogP contribution in [0.15, 0.2) is 42.6 Å². The molecule has 0 aliphatic rings. The zero-order chi connectivity index (χ0) is 11.4. The second-order valence-corrected chi connectivity index (χ2v) is 4.06. The predicted molar refractivity (Wildman–Crippen MR) is 67.2 cm³/mol. The van der Waals surface area contributed by atoms with Crippen molar-refractivity contribution in [3.05, 3.63) is 54.2 Å². The summed E-state index contributed by atoms with van der Waals surface area (Å²) in [5, 5.41) is 0. The van der Waals surface area contributed by atoms with Crippen LogP contribution < -0.4 is 0 Å². The first-order chi connectivity index (χ1) is 7.81. The van der Waals surface area contributed by atoms with Crippen molar-refractivity contribution in [2.75, 3.05) is 0 Å². The molecule has 0 saturated carbocycles.